The Morgan fingerprint density at radius 2 is 2.40 bits per heavy atom. The lowest BCUT2D eigenvalue weighted by molar-refractivity contribution is 0.0252. The lowest BCUT2D eigenvalue weighted by atomic mass is 10.1. The average molecular weight is 209 g/mol. The van der Waals surface area contributed by atoms with Crippen LogP contribution < -0.4 is 5.32 Å². The van der Waals surface area contributed by atoms with Crippen LogP contribution in [-0.4, -0.2) is 19.2 Å². The summed E-state index contributed by atoms with van der Waals surface area (Å²) in [5.74, 6) is -0.196. The molecule has 1 N–H and O–H groups in total. The van der Waals surface area contributed by atoms with Crippen molar-refractivity contribution in [2.75, 3.05) is 13.1 Å². The molecule has 82 valence electrons. The van der Waals surface area contributed by atoms with Gasteiger partial charge >= 0.3 is 0 Å². The lowest BCUT2D eigenvalue weighted by Gasteiger charge is -2.23. The van der Waals surface area contributed by atoms with E-state index >= 15 is 0 Å². The zero-order chi connectivity index (χ0) is 10.5. The van der Waals surface area contributed by atoms with E-state index in [1.54, 1.807) is 6.07 Å². The van der Waals surface area contributed by atoms with Crippen LogP contribution in [0.15, 0.2) is 24.3 Å². The van der Waals surface area contributed by atoms with Crippen LogP contribution in [0.3, 0.4) is 0 Å². The molecular formula is C12H16FNO. The fourth-order valence-electron chi connectivity index (χ4n) is 1.80. The van der Waals surface area contributed by atoms with E-state index in [2.05, 4.69) is 5.32 Å². The molecule has 2 rings (SSSR count). The SMILES string of the molecule is Fc1cccc(CO[C@H]2CCCNC2)c1. The summed E-state index contributed by atoms with van der Waals surface area (Å²) < 4.78 is 18.6. The normalized spacial score (nSPS) is 21.5. The van der Waals surface area contributed by atoms with Crippen LogP contribution in [0.25, 0.3) is 0 Å². The fourth-order valence-corrected chi connectivity index (χ4v) is 1.80. The van der Waals surface area contributed by atoms with E-state index in [9.17, 15) is 4.39 Å². The van der Waals surface area contributed by atoms with E-state index in [1.807, 2.05) is 6.07 Å². The van der Waals surface area contributed by atoms with Gasteiger partial charge in [0.05, 0.1) is 12.7 Å². The van der Waals surface area contributed by atoms with Crippen molar-refractivity contribution in [3.8, 4) is 0 Å². The maximum atomic E-state index is 12.9. The molecule has 1 aromatic carbocycles. The molecule has 0 radical (unpaired) electrons. The van der Waals surface area contributed by atoms with Gasteiger partial charge in [-0.15, -0.1) is 0 Å². The predicted octanol–water partition coefficient (Wildman–Crippen LogP) is 2.09. The smallest absolute Gasteiger partial charge is 0.123 e. The first kappa shape index (κ1) is 10.6. The van der Waals surface area contributed by atoms with Gasteiger partial charge in [-0.3, -0.25) is 0 Å². The Balaban J connectivity index is 1.81. The van der Waals surface area contributed by atoms with Crippen molar-refractivity contribution in [1.82, 2.24) is 5.32 Å². The molecule has 2 nitrogen and oxygen atoms in total. The van der Waals surface area contributed by atoms with Crippen LogP contribution in [0.2, 0.25) is 0 Å². The molecule has 0 saturated carbocycles. The molecule has 0 bridgehead atoms. The molecule has 3 heteroatoms. The van der Waals surface area contributed by atoms with Gasteiger partial charge in [0, 0.05) is 6.54 Å². The molecular weight excluding hydrogens is 193 g/mol. The molecule has 15 heavy (non-hydrogen) atoms. The first-order valence-corrected chi connectivity index (χ1v) is 5.41. The highest BCUT2D eigenvalue weighted by molar-refractivity contribution is 5.15. The molecule has 0 aromatic heterocycles. The highest BCUT2D eigenvalue weighted by Crippen LogP contribution is 2.10. The molecule has 0 unspecified atom stereocenters. The first-order chi connectivity index (χ1) is 7.34. The minimum atomic E-state index is -0.196. The van der Waals surface area contributed by atoms with E-state index in [0.717, 1.165) is 31.5 Å². The zero-order valence-electron chi connectivity index (χ0n) is 8.71. The summed E-state index contributed by atoms with van der Waals surface area (Å²) in [6, 6.07) is 6.58. The number of ether oxygens (including phenoxy) is 1. The van der Waals surface area contributed by atoms with Gasteiger partial charge in [-0.2, -0.15) is 0 Å². The van der Waals surface area contributed by atoms with E-state index in [1.165, 1.54) is 12.1 Å². The second kappa shape index (κ2) is 5.24. The molecule has 0 spiro atoms. The summed E-state index contributed by atoms with van der Waals surface area (Å²) in [6.07, 6.45) is 2.54. The summed E-state index contributed by atoms with van der Waals surface area (Å²) in [7, 11) is 0. The molecule has 0 aliphatic carbocycles. The third-order valence-electron chi connectivity index (χ3n) is 2.63. The monoisotopic (exact) mass is 209 g/mol. The summed E-state index contributed by atoms with van der Waals surface area (Å²) >= 11 is 0. The summed E-state index contributed by atoms with van der Waals surface area (Å²) in [4.78, 5) is 0. The van der Waals surface area contributed by atoms with Gasteiger partial charge in [-0.1, -0.05) is 12.1 Å². The number of hydrogen-bond acceptors (Lipinski definition) is 2. The Morgan fingerprint density at radius 3 is 3.13 bits per heavy atom. The van der Waals surface area contributed by atoms with Gasteiger partial charge in [-0.05, 0) is 37.1 Å². The quantitative estimate of drug-likeness (QED) is 0.823. The standard InChI is InChI=1S/C12H16FNO/c13-11-4-1-3-10(7-11)9-15-12-5-2-6-14-8-12/h1,3-4,7,12,14H,2,5-6,8-9H2/t12-/m0/s1. The average Bonchev–Trinajstić information content (AvgIpc) is 2.28. The van der Waals surface area contributed by atoms with Gasteiger partial charge in [0.25, 0.3) is 0 Å². The lowest BCUT2D eigenvalue weighted by Crippen LogP contribution is -2.35. The Morgan fingerprint density at radius 1 is 1.47 bits per heavy atom. The van der Waals surface area contributed by atoms with Crippen molar-refractivity contribution < 1.29 is 9.13 Å². The fraction of sp³-hybridized carbons (Fsp3) is 0.500. The van der Waals surface area contributed by atoms with Crippen LogP contribution in [0, 0.1) is 5.82 Å². The minimum absolute atomic E-state index is 0.196. The van der Waals surface area contributed by atoms with Crippen molar-refractivity contribution in [1.29, 1.82) is 0 Å². The Labute approximate surface area is 89.4 Å². The number of piperidine rings is 1. The van der Waals surface area contributed by atoms with E-state index in [-0.39, 0.29) is 11.9 Å². The molecule has 1 aromatic rings. The Bertz CT molecular complexity index is 310. The van der Waals surface area contributed by atoms with Crippen molar-refractivity contribution in [3.63, 3.8) is 0 Å². The highest BCUT2D eigenvalue weighted by atomic mass is 19.1. The second-order valence-electron chi connectivity index (χ2n) is 3.91. The van der Waals surface area contributed by atoms with Crippen molar-refractivity contribution in [2.45, 2.75) is 25.6 Å². The summed E-state index contributed by atoms with van der Waals surface area (Å²) in [5, 5.41) is 3.28. The first-order valence-electron chi connectivity index (χ1n) is 5.41. The number of benzene rings is 1. The molecule has 1 aliphatic rings. The topological polar surface area (TPSA) is 21.3 Å². The summed E-state index contributed by atoms with van der Waals surface area (Å²) in [5.41, 5.74) is 0.903. The van der Waals surface area contributed by atoms with Crippen molar-refractivity contribution in [2.24, 2.45) is 0 Å². The van der Waals surface area contributed by atoms with E-state index < -0.39 is 0 Å². The number of nitrogens with one attached hydrogen (secondary N) is 1. The third-order valence-corrected chi connectivity index (χ3v) is 2.63. The molecule has 1 aliphatic heterocycles. The molecule has 1 heterocycles. The van der Waals surface area contributed by atoms with Crippen molar-refractivity contribution in [3.05, 3.63) is 35.6 Å². The maximum absolute atomic E-state index is 12.9. The van der Waals surface area contributed by atoms with Gasteiger partial charge in [0.15, 0.2) is 0 Å². The van der Waals surface area contributed by atoms with Crippen LogP contribution in [0.1, 0.15) is 18.4 Å². The third kappa shape index (κ3) is 3.29. The predicted molar refractivity (Wildman–Crippen MR) is 57.1 cm³/mol. The van der Waals surface area contributed by atoms with Crippen LogP contribution >= 0.6 is 0 Å². The number of halogens is 1. The van der Waals surface area contributed by atoms with E-state index in [0.29, 0.717) is 6.61 Å². The van der Waals surface area contributed by atoms with Gasteiger partial charge in [-0.25, -0.2) is 4.39 Å². The highest BCUT2D eigenvalue weighted by Gasteiger charge is 2.12. The van der Waals surface area contributed by atoms with Gasteiger partial charge in [0.2, 0.25) is 0 Å². The van der Waals surface area contributed by atoms with E-state index in [4.69, 9.17) is 4.74 Å². The van der Waals surface area contributed by atoms with Gasteiger partial charge < -0.3 is 10.1 Å². The molecule has 1 atom stereocenters. The zero-order valence-corrected chi connectivity index (χ0v) is 8.71. The van der Waals surface area contributed by atoms with Crippen LogP contribution in [0.5, 0.6) is 0 Å². The van der Waals surface area contributed by atoms with Crippen molar-refractivity contribution >= 4 is 0 Å². The minimum Gasteiger partial charge on any atom is -0.372 e. The molecule has 1 saturated heterocycles. The van der Waals surface area contributed by atoms with Crippen LogP contribution in [0.4, 0.5) is 4.39 Å². The maximum Gasteiger partial charge on any atom is 0.123 e. The molecule has 0 amide bonds. The molecule has 1 fully saturated rings. The number of hydrogen-bond donors (Lipinski definition) is 1. The second-order valence-corrected chi connectivity index (χ2v) is 3.91. The Hall–Kier alpha value is -0.930. The number of rotatable bonds is 3. The Kier molecular flexibility index (Phi) is 3.69. The largest absolute Gasteiger partial charge is 0.372 e. The van der Waals surface area contributed by atoms with Crippen LogP contribution in [-0.2, 0) is 11.3 Å². The van der Waals surface area contributed by atoms with Gasteiger partial charge in [0.1, 0.15) is 5.82 Å². The summed E-state index contributed by atoms with van der Waals surface area (Å²) in [6.45, 7) is 2.50.